The van der Waals surface area contributed by atoms with Gasteiger partial charge in [0.15, 0.2) is 0 Å². The van der Waals surface area contributed by atoms with Gasteiger partial charge in [-0.25, -0.2) is 21.1 Å². The maximum atomic E-state index is 12.9. The van der Waals surface area contributed by atoms with Crippen molar-refractivity contribution in [3.05, 3.63) is 86.9 Å². The van der Waals surface area contributed by atoms with Gasteiger partial charge in [0, 0.05) is 29.7 Å². The van der Waals surface area contributed by atoms with Gasteiger partial charge in [0.1, 0.15) is 0 Å². The van der Waals surface area contributed by atoms with Crippen LogP contribution < -0.4 is 10.0 Å². The molecule has 1 aliphatic heterocycles. The number of halogens is 3. The molecule has 39 heavy (non-hydrogen) atoms. The SMILES string of the molecule is Cc1c(Cl)cccc1NS(=O)(=O)c1ccc(NC(=O)C2CCN(S(=O)(=O)Cc3ccc(Cl)c(Cl)c3)CC2)cc1. The highest BCUT2D eigenvalue weighted by Gasteiger charge is 2.31. The summed E-state index contributed by atoms with van der Waals surface area (Å²) in [5.41, 5.74) is 1.96. The normalized spacial score (nSPS) is 15.2. The maximum absolute atomic E-state index is 12.9. The van der Waals surface area contributed by atoms with Crippen molar-refractivity contribution in [1.29, 1.82) is 0 Å². The molecule has 208 valence electrons. The Kier molecular flexibility index (Phi) is 9.15. The summed E-state index contributed by atoms with van der Waals surface area (Å²) in [4.78, 5) is 12.9. The summed E-state index contributed by atoms with van der Waals surface area (Å²) in [5, 5.41) is 3.88. The molecule has 1 amide bonds. The van der Waals surface area contributed by atoms with E-state index >= 15 is 0 Å². The smallest absolute Gasteiger partial charge is 0.261 e. The molecule has 0 aromatic heterocycles. The van der Waals surface area contributed by atoms with Crippen LogP contribution in [0, 0.1) is 12.8 Å². The Morgan fingerprint density at radius 3 is 2.21 bits per heavy atom. The Labute approximate surface area is 243 Å². The third kappa shape index (κ3) is 7.25. The number of carbonyl (C=O) groups excluding carboxylic acids is 1. The number of sulfonamides is 2. The van der Waals surface area contributed by atoms with Crippen LogP contribution in [0.2, 0.25) is 15.1 Å². The van der Waals surface area contributed by atoms with Crippen LogP contribution in [-0.4, -0.2) is 40.1 Å². The first-order valence-electron chi connectivity index (χ1n) is 12.0. The molecular weight excluding hydrogens is 605 g/mol. The largest absolute Gasteiger partial charge is 0.326 e. The minimum Gasteiger partial charge on any atom is -0.326 e. The number of piperidine rings is 1. The topological polar surface area (TPSA) is 113 Å². The lowest BCUT2D eigenvalue weighted by molar-refractivity contribution is -0.120. The lowest BCUT2D eigenvalue weighted by atomic mass is 9.97. The maximum Gasteiger partial charge on any atom is 0.261 e. The third-order valence-electron chi connectivity index (χ3n) is 6.50. The molecule has 3 aromatic carbocycles. The highest BCUT2D eigenvalue weighted by Crippen LogP contribution is 2.28. The van der Waals surface area contributed by atoms with Crippen LogP contribution in [0.5, 0.6) is 0 Å². The fourth-order valence-corrected chi connectivity index (χ4v) is 7.38. The number of carbonyl (C=O) groups is 1. The van der Waals surface area contributed by atoms with Gasteiger partial charge in [0.05, 0.1) is 26.4 Å². The Balaban J connectivity index is 1.33. The predicted octanol–water partition coefficient (Wildman–Crippen LogP) is 5.94. The number of benzene rings is 3. The monoisotopic (exact) mass is 629 g/mol. The van der Waals surface area contributed by atoms with Crippen molar-refractivity contribution in [2.24, 2.45) is 5.92 Å². The summed E-state index contributed by atoms with van der Waals surface area (Å²) >= 11 is 18.0. The van der Waals surface area contributed by atoms with Crippen LogP contribution >= 0.6 is 34.8 Å². The van der Waals surface area contributed by atoms with E-state index in [1.807, 2.05) is 0 Å². The first-order valence-corrected chi connectivity index (χ1v) is 16.2. The molecule has 0 bridgehead atoms. The number of nitrogens with zero attached hydrogens (tertiary/aromatic N) is 1. The lowest BCUT2D eigenvalue weighted by Gasteiger charge is -2.30. The van der Waals surface area contributed by atoms with E-state index in [-0.39, 0.29) is 40.6 Å². The fourth-order valence-electron chi connectivity index (χ4n) is 4.21. The lowest BCUT2D eigenvalue weighted by Crippen LogP contribution is -2.41. The zero-order chi connectivity index (χ0) is 28.4. The van der Waals surface area contributed by atoms with Crippen LogP contribution in [0.1, 0.15) is 24.0 Å². The third-order valence-corrected chi connectivity index (χ3v) is 10.9. The van der Waals surface area contributed by atoms with Crippen LogP contribution in [0.15, 0.2) is 65.6 Å². The van der Waals surface area contributed by atoms with Crippen LogP contribution in [0.4, 0.5) is 11.4 Å². The van der Waals surface area contributed by atoms with Gasteiger partial charge < -0.3 is 5.32 Å². The number of hydrogen-bond acceptors (Lipinski definition) is 5. The van der Waals surface area contributed by atoms with Gasteiger partial charge >= 0.3 is 0 Å². The van der Waals surface area contributed by atoms with E-state index in [2.05, 4.69) is 10.0 Å². The standard InChI is InChI=1S/C26H26Cl3N3O5S2/c1-17-22(27)3-2-4-25(17)31-39(36,37)21-8-6-20(7-9-21)30-26(33)19-11-13-32(14-12-19)38(34,35)16-18-5-10-23(28)24(29)15-18/h2-10,15,19,31H,11-14,16H2,1H3,(H,30,33). The number of rotatable bonds is 8. The zero-order valence-corrected chi connectivity index (χ0v) is 24.7. The highest BCUT2D eigenvalue weighted by molar-refractivity contribution is 7.92. The first-order chi connectivity index (χ1) is 18.4. The van der Waals surface area contributed by atoms with E-state index < -0.39 is 20.0 Å². The molecule has 2 N–H and O–H groups in total. The van der Waals surface area contributed by atoms with Crippen molar-refractivity contribution in [1.82, 2.24) is 4.31 Å². The van der Waals surface area contributed by atoms with Crippen molar-refractivity contribution in [2.75, 3.05) is 23.1 Å². The van der Waals surface area contributed by atoms with Crippen molar-refractivity contribution in [2.45, 2.75) is 30.4 Å². The van der Waals surface area contributed by atoms with Crippen LogP contribution in [-0.2, 0) is 30.6 Å². The average Bonchev–Trinajstić information content (AvgIpc) is 2.89. The summed E-state index contributed by atoms with van der Waals surface area (Å²) < 4.78 is 55.2. The Morgan fingerprint density at radius 1 is 0.897 bits per heavy atom. The molecule has 4 rings (SSSR count). The average molecular weight is 631 g/mol. The summed E-state index contributed by atoms with van der Waals surface area (Å²) in [6, 6.07) is 15.5. The number of nitrogens with one attached hydrogen (secondary N) is 2. The molecule has 8 nitrogen and oxygen atoms in total. The summed E-state index contributed by atoms with van der Waals surface area (Å²) in [5.74, 6) is -0.834. The van der Waals surface area contributed by atoms with Gasteiger partial charge in [0.25, 0.3) is 10.0 Å². The molecule has 1 fully saturated rings. The zero-order valence-electron chi connectivity index (χ0n) is 20.8. The van der Waals surface area contributed by atoms with Gasteiger partial charge in [-0.2, -0.15) is 0 Å². The fraction of sp³-hybridized carbons (Fsp3) is 0.269. The molecule has 0 atom stereocenters. The van der Waals surface area contributed by atoms with Crippen molar-refractivity contribution in [3.63, 3.8) is 0 Å². The van der Waals surface area contributed by atoms with Gasteiger partial charge in [-0.3, -0.25) is 9.52 Å². The molecule has 1 aliphatic rings. The Hall–Kier alpha value is -2.34. The summed E-state index contributed by atoms with van der Waals surface area (Å²) in [6.07, 6.45) is 0.726. The number of amides is 1. The number of anilines is 2. The minimum atomic E-state index is -3.86. The van der Waals surface area contributed by atoms with E-state index in [4.69, 9.17) is 34.8 Å². The molecule has 1 heterocycles. The van der Waals surface area contributed by atoms with Crippen molar-refractivity contribution >= 4 is 72.1 Å². The highest BCUT2D eigenvalue weighted by atomic mass is 35.5. The minimum absolute atomic E-state index is 0.0281. The molecule has 0 spiro atoms. The molecular formula is C26H26Cl3N3O5S2. The van der Waals surface area contributed by atoms with Crippen molar-refractivity contribution in [3.8, 4) is 0 Å². The van der Waals surface area contributed by atoms with Crippen LogP contribution in [0.3, 0.4) is 0 Å². The predicted molar refractivity (Wildman–Crippen MR) is 155 cm³/mol. The van der Waals surface area contributed by atoms with Gasteiger partial charge in [-0.05, 0) is 79.4 Å². The van der Waals surface area contributed by atoms with E-state index in [0.717, 1.165) is 0 Å². The summed E-state index contributed by atoms with van der Waals surface area (Å²) in [7, 11) is -7.45. The van der Waals surface area contributed by atoms with Crippen molar-refractivity contribution < 1.29 is 21.6 Å². The molecule has 0 radical (unpaired) electrons. The molecule has 0 aliphatic carbocycles. The number of hydrogen-bond donors (Lipinski definition) is 2. The molecule has 1 saturated heterocycles. The van der Waals surface area contributed by atoms with E-state index in [9.17, 15) is 21.6 Å². The second-order valence-corrected chi connectivity index (χ2v) is 14.1. The van der Waals surface area contributed by atoms with E-state index in [1.54, 1.807) is 37.3 Å². The van der Waals surface area contributed by atoms with E-state index in [1.165, 1.54) is 34.6 Å². The Bertz CT molecular complexity index is 1590. The van der Waals surface area contributed by atoms with Crippen LogP contribution in [0.25, 0.3) is 0 Å². The van der Waals surface area contributed by atoms with Gasteiger partial charge in [-0.1, -0.05) is 46.9 Å². The van der Waals surface area contributed by atoms with Gasteiger partial charge in [0.2, 0.25) is 15.9 Å². The molecule has 0 saturated carbocycles. The quantitative estimate of drug-likeness (QED) is 0.320. The second-order valence-electron chi connectivity index (χ2n) is 9.21. The van der Waals surface area contributed by atoms with Gasteiger partial charge in [-0.15, -0.1) is 0 Å². The van der Waals surface area contributed by atoms with E-state index in [0.29, 0.717) is 45.4 Å². The summed E-state index contributed by atoms with van der Waals surface area (Å²) in [6.45, 7) is 2.15. The molecule has 0 unspecified atom stereocenters. The molecule has 3 aromatic rings. The second kappa shape index (κ2) is 12.0. The first kappa shape index (κ1) is 29.6. The molecule has 13 heteroatoms. The Morgan fingerprint density at radius 2 is 1.56 bits per heavy atom.